The van der Waals surface area contributed by atoms with Crippen molar-refractivity contribution < 1.29 is 19.1 Å². The van der Waals surface area contributed by atoms with Crippen molar-refractivity contribution in [1.29, 1.82) is 0 Å². The van der Waals surface area contributed by atoms with E-state index >= 15 is 0 Å². The predicted molar refractivity (Wildman–Crippen MR) is 55.4 cm³/mol. The molecule has 0 saturated heterocycles. The SMILES string of the molecule is CCc1c(Br)ccc(C(=O)C(=O)O)c1F. The van der Waals surface area contributed by atoms with E-state index in [9.17, 15) is 14.0 Å². The molecule has 0 fully saturated rings. The van der Waals surface area contributed by atoms with Gasteiger partial charge < -0.3 is 5.11 Å². The molecular weight excluding hydrogens is 267 g/mol. The van der Waals surface area contributed by atoms with Crippen molar-refractivity contribution in [3.8, 4) is 0 Å². The fraction of sp³-hybridized carbons (Fsp3) is 0.200. The summed E-state index contributed by atoms with van der Waals surface area (Å²) in [5, 5.41) is 8.46. The van der Waals surface area contributed by atoms with E-state index in [4.69, 9.17) is 5.11 Å². The highest BCUT2D eigenvalue weighted by molar-refractivity contribution is 9.10. The van der Waals surface area contributed by atoms with E-state index in [0.29, 0.717) is 16.5 Å². The van der Waals surface area contributed by atoms with Crippen LogP contribution in [0.15, 0.2) is 16.6 Å². The number of rotatable bonds is 3. The van der Waals surface area contributed by atoms with Gasteiger partial charge in [0.05, 0.1) is 5.56 Å². The predicted octanol–water partition coefficient (Wildman–Crippen LogP) is 2.42. The maximum Gasteiger partial charge on any atom is 0.377 e. The van der Waals surface area contributed by atoms with Gasteiger partial charge in [0.15, 0.2) is 0 Å². The van der Waals surface area contributed by atoms with Gasteiger partial charge in [0.25, 0.3) is 5.78 Å². The zero-order valence-electron chi connectivity index (χ0n) is 7.88. The Bertz CT molecular complexity index is 429. The fourth-order valence-electron chi connectivity index (χ4n) is 1.21. The van der Waals surface area contributed by atoms with Gasteiger partial charge in [-0.3, -0.25) is 4.79 Å². The van der Waals surface area contributed by atoms with Gasteiger partial charge in [-0.15, -0.1) is 0 Å². The molecule has 0 aliphatic heterocycles. The lowest BCUT2D eigenvalue weighted by Gasteiger charge is -2.06. The summed E-state index contributed by atoms with van der Waals surface area (Å²) in [6.07, 6.45) is 0.382. The maximum absolute atomic E-state index is 13.6. The molecule has 0 atom stereocenters. The number of carboxylic acids is 1. The van der Waals surface area contributed by atoms with Gasteiger partial charge in [-0.1, -0.05) is 22.9 Å². The van der Waals surface area contributed by atoms with Crippen molar-refractivity contribution >= 4 is 27.7 Å². The quantitative estimate of drug-likeness (QED) is 0.680. The lowest BCUT2D eigenvalue weighted by Crippen LogP contribution is -2.15. The summed E-state index contributed by atoms with van der Waals surface area (Å²) in [6.45, 7) is 1.72. The first-order chi connectivity index (χ1) is 6.99. The number of benzene rings is 1. The van der Waals surface area contributed by atoms with Crippen LogP contribution in [0.4, 0.5) is 4.39 Å². The van der Waals surface area contributed by atoms with Crippen LogP contribution in [-0.4, -0.2) is 16.9 Å². The van der Waals surface area contributed by atoms with Crippen molar-refractivity contribution in [3.05, 3.63) is 33.5 Å². The maximum atomic E-state index is 13.6. The van der Waals surface area contributed by atoms with Crippen molar-refractivity contribution in [2.24, 2.45) is 0 Å². The molecule has 0 aliphatic rings. The largest absolute Gasteiger partial charge is 0.475 e. The molecule has 0 amide bonds. The fourth-order valence-corrected chi connectivity index (χ4v) is 1.80. The molecule has 0 saturated carbocycles. The van der Waals surface area contributed by atoms with E-state index in [1.165, 1.54) is 6.07 Å². The molecule has 1 N–H and O–H groups in total. The minimum absolute atomic E-state index is 0.308. The first kappa shape index (κ1) is 11.8. The number of ketones is 1. The van der Waals surface area contributed by atoms with Crippen molar-refractivity contribution in [1.82, 2.24) is 0 Å². The standard InChI is InChI=1S/C10H8BrFO3/c1-2-5-7(11)4-3-6(8(5)12)9(13)10(14)15/h3-4H,2H2,1H3,(H,14,15). The van der Waals surface area contributed by atoms with Crippen LogP contribution < -0.4 is 0 Å². The van der Waals surface area contributed by atoms with Gasteiger partial charge in [-0.2, -0.15) is 0 Å². The zero-order chi connectivity index (χ0) is 11.6. The third-order valence-corrected chi connectivity index (χ3v) is 2.72. The highest BCUT2D eigenvalue weighted by Gasteiger charge is 2.21. The summed E-state index contributed by atoms with van der Waals surface area (Å²) >= 11 is 3.13. The third kappa shape index (κ3) is 2.23. The molecule has 0 spiro atoms. The Morgan fingerprint density at radius 2 is 2.07 bits per heavy atom. The van der Waals surface area contributed by atoms with E-state index in [2.05, 4.69) is 15.9 Å². The van der Waals surface area contributed by atoms with Crippen LogP contribution in [0.1, 0.15) is 22.8 Å². The summed E-state index contributed by atoms with van der Waals surface area (Å²) in [4.78, 5) is 21.5. The van der Waals surface area contributed by atoms with E-state index in [1.54, 1.807) is 6.92 Å². The number of carbonyl (C=O) groups excluding carboxylic acids is 1. The normalized spacial score (nSPS) is 10.1. The summed E-state index contributed by atoms with van der Waals surface area (Å²) in [5.41, 5.74) is -0.0929. The highest BCUT2D eigenvalue weighted by Crippen LogP contribution is 2.23. The van der Waals surface area contributed by atoms with Crippen molar-refractivity contribution in [2.45, 2.75) is 13.3 Å². The second-order valence-electron chi connectivity index (χ2n) is 2.88. The average Bonchev–Trinajstić information content (AvgIpc) is 2.17. The van der Waals surface area contributed by atoms with Gasteiger partial charge in [0.1, 0.15) is 5.82 Å². The van der Waals surface area contributed by atoms with E-state index < -0.39 is 23.1 Å². The molecule has 0 unspecified atom stereocenters. The summed E-state index contributed by atoms with van der Waals surface area (Å²) in [7, 11) is 0. The smallest absolute Gasteiger partial charge is 0.377 e. The molecule has 3 nitrogen and oxygen atoms in total. The molecule has 0 heterocycles. The van der Waals surface area contributed by atoms with Crippen LogP contribution in [0.25, 0.3) is 0 Å². The molecule has 1 aromatic carbocycles. The Hall–Kier alpha value is -1.23. The number of hydrogen-bond acceptors (Lipinski definition) is 2. The Balaban J connectivity index is 3.34. The Morgan fingerprint density at radius 3 is 2.53 bits per heavy atom. The summed E-state index contributed by atoms with van der Waals surface area (Å²) in [6, 6.07) is 2.63. The molecule has 0 bridgehead atoms. The van der Waals surface area contributed by atoms with E-state index in [1.807, 2.05) is 0 Å². The van der Waals surface area contributed by atoms with Crippen LogP contribution >= 0.6 is 15.9 Å². The first-order valence-electron chi connectivity index (χ1n) is 4.23. The molecule has 15 heavy (non-hydrogen) atoms. The van der Waals surface area contributed by atoms with Gasteiger partial charge in [0, 0.05) is 10.0 Å². The average molecular weight is 275 g/mol. The zero-order valence-corrected chi connectivity index (χ0v) is 9.47. The lowest BCUT2D eigenvalue weighted by molar-refractivity contribution is -0.131. The van der Waals surface area contributed by atoms with Crippen LogP contribution in [0.3, 0.4) is 0 Å². The number of Topliss-reactive ketones (excluding diaryl/α,β-unsaturated/α-hetero) is 1. The minimum atomic E-state index is -1.65. The van der Waals surface area contributed by atoms with Crippen LogP contribution in [0.2, 0.25) is 0 Å². The van der Waals surface area contributed by atoms with Crippen LogP contribution in [0, 0.1) is 5.82 Å². The molecule has 0 aliphatic carbocycles. The summed E-state index contributed by atoms with van der Waals surface area (Å²) in [5.74, 6) is -3.65. The van der Waals surface area contributed by atoms with Gasteiger partial charge in [-0.25, -0.2) is 9.18 Å². The Labute approximate surface area is 94.0 Å². The highest BCUT2D eigenvalue weighted by atomic mass is 79.9. The van der Waals surface area contributed by atoms with E-state index in [0.717, 1.165) is 6.07 Å². The monoisotopic (exact) mass is 274 g/mol. The number of hydrogen-bond donors (Lipinski definition) is 1. The van der Waals surface area contributed by atoms with Gasteiger partial charge in [0.2, 0.25) is 0 Å². The van der Waals surface area contributed by atoms with Gasteiger partial charge >= 0.3 is 5.97 Å². The topological polar surface area (TPSA) is 54.4 Å². The Morgan fingerprint density at radius 1 is 1.47 bits per heavy atom. The van der Waals surface area contributed by atoms with Crippen LogP contribution in [0.5, 0.6) is 0 Å². The molecule has 80 valence electrons. The van der Waals surface area contributed by atoms with Crippen molar-refractivity contribution in [3.63, 3.8) is 0 Å². The number of halogens is 2. The molecular formula is C10H8BrFO3. The Kier molecular flexibility index (Phi) is 3.57. The third-order valence-electron chi connectivity index (χ3n) is 1.98. The van der Waals surface area contributed by atoms with Crippen molar-refractivity contribution in [2.75, 3.05) is 0 Å². The molecule has 1 aromatic rings. The second kappa shape index (κ2) is 4.53. The van der Waals surface area contributed by atoms with Crippen LogP contribution in [-0.2, 0) is 11.2 Å². The molecule has 5 heteroatoms. The van der Waals surface area contributed by atoms with E-state index in [-0.39, 0.29) is 0 Å². The minimum Gasteiger partial charge on any atom is -0.475 e. The van der Waals surface area contributed by atoms with Gasteiger partial charge in [-0.05, 0) is 18.6 Å². The lowest BCUT2D eigenvalue weighted by atomic mass is 10.0. The number of aliphatic carboxylic acids is 1. The molecule has 0 aromatic heterocycles. The first-order valence-corrected chi connectivity index (χ1v) is 5.02. The second-order valence-corrected chi connectivity index (χ2v) is 3.73. The number of carboxylic acid groups (broad SMARTS) is 1. The summed E-state index contributed by atoms with van der Waals surface area (Å²) < 4.78 is 14.2. The molecule has 0 radical (unpaired) electrons. The number of carbonyl (C=O) groups is 2. The molecule has 1 rings (SSSR count).